The van der Waals surface area contributed by atoms with Gasteiger partial charge in [-0.3, -0.25) is 4.79 Å². The molecule has 1 aliphatic heterocycles. The molecule has 4 nitrogen and oxygen atoms in total. The normalized spacial score (nSPS) is 15.1. The molecule has 2 aromatic rings. The standard InChI is InChI=1S/C17H20FN3O/c1-17(2,3)16-14-9-20(15(22)10-21(14)11-19-16)8-12-4-6-13(18)7-5-12/h4-7,11H,8-10H2,1-3H3. The summed E-state index contributed by atoms with van der Waals surface area (Å²) < 4.78 is 14.9. The van der Waals surface area contributed by atoms with Crippen molar-refractivity contribution in [2.24, 2.45) is 0 Å². The summed E-state index contributed by atoms with van der Waals surface area (Å²) in [6.07, 6.45) is 1.75. The van der Waals surface area contributed by atoms with Gasteiger partial charge < -0.3 is 9.47 Å². The Hall–Kier alpha value is -2.17. The molecule has 0 bridgehead atoms. The number of imidazole rings is 1. The van der Waals surface area contributed by atoms with E-state index >= 15 is 0 Å². The minimum absolute atomic E-state index is 0.0531. The summed E-state index contributed by atoms with van der Waals surface area (Å²) in [4.78, 5) is 18.6. The zero-order valence-electron chi connectivity index (χ0n) is 13.1. The lowest BCUT2D eigenvalue weighted by Crippen LogP contribution is -2.39. The minimum atomic E-state index is -0.262. The summed E-state index contributed by atoms with van der Waals surface area (Å²) in [5.41, 5.74) is 3.00. The highest BCUT2D eigenvalue weighted by Crippen LogP contribution is 2.28. The molecular weight excluding hydrogens is 281 g/mol. The number of halogens is 1. The molecule has 116 valence electrons. The summed E-state index contributed by atoms with van der Waals surface area (Å²) in [6.45, 7) is 7.72. The molecular formula is C17H20FN3O. The zero-order valence-corrected chi connectivity index (χ0v) is 13.1. The molecule has 0 atom stereocenters. The topological polar surface area (TPSA) is 38.1 Å². The van der Waals surface area contributed by atoms with E-state index in [2.05, 4.69) is 25.8 Å². The molecule has 1 aromatic carbocycles. The number of rotatable bonds is 2. The maximum atomic E-state index is 13.0. The first-order valence-corrected chi connectivity index (χ1v) is 7.41. The molecule has 0 aliphatic carbocycles. The first-order valence-electron chi connectivity index (χ1n) is 7.41. The Morgan fingerprint density at radius 1 is 1.18 bits per heavy atom. The van der Waals surface area contributed by atoms with E-state index in [0.717, 1.165) is 17.0 Å². The molecule has 1 aliphatic rings. The third kappa shape index (κ3) is 2.75. The third-order valence-electron chi connectivity index (χ3n) is 3.94. The number of aromatic nitrogens is 2. The summed E-state index contributed by atoms with van der Waals surface area (Å²) in [5.74, 6) is -0.198. The van der Waals surface area contributed by atoms with Gasteiger partial charge >= 0.3 is 0 Å². The lowest BCUT2D eigenvalue weighted by molar-refractivity contribution is -0.134. The van der Waals surface area contributed by atoms with Crippen molar-refractivity contribution in [2.45, 2.75) is 45.8 Å². The second-order valence-corrected chi connectivity index (χ2v) is 6.79. The first-order chi connectivity index (χ1) is 10.3. The summed E-state index contributed by atoms with van der Waals surface area (Å²) in [6, 6.07) is 6.29. The molecule has 0 unspecified atom stereocenters. The number of amides is 1. The lowest BCUT2D eigenvalue weighted by atomic mass is 9.90. The van der Waals surface area contributed by atoms with Gasteiger partial charge in [0.05, 0.1) is 24.3 Å². The van der Waals surface area contributed by atoms with E-state index in [1.165, 1.54) is 12.1 Å². The van der Waals surface area contributed by atoms with Gasteiger partial charge in [-0.1, -0.05) is 32.9 Å². The van der Waals surface area contributed by atoms with Crippen LogP contribution in [0, 0.1) is 5.82 Å². The quantitative estimate of drug-likeness (QED) is 0.855. The Kier molecular flexibility index (Phi) is 3.51. The van der Waals surface area contributed by atoms with Gasteiger partial charge in [0.2, 0.25) is 5.91 Å². The van der Waals surface area contributed by atoms with E-state index < -0.39 is 0 Å². The Balaban J connectivity index is 1.85. The minimum Gasteiger partial charge on any atom is -0.331 e. The fourth-order valence-electron chi connectivity index (χ4n) is 2.81. The Morgan fingerprint density at radius 3 is 2.50 bits per heavy atom. The fraction of sp³-hybridized carbons (Fsp3) is 0.412. The van der Waals surface area contributed by atoms with Gasteiger partial charge in [0.25, 0.3) is 0 Å². The van der Waals surface area contributed by atoms with E-state index in [-0.39, 0.29) is 17.1 Å². The molecule has 22 heavy (non-hydrogen) atoms. The molecule has 0 saturated carbocycles. The smallest absolute Gasteiger partial charge is 0.243 e. The van der Waals surface area contributed by atoms with Crippen molar-refractivity contribution in [2.75, 3.05) is 0 Å². The highest BCUT2D eigenvalue weighted by atomic mass is 19.1. The molecule has 0 radical (unpaired) electrons. The van der Waals surface area contributed by atoms with Gasteiger partial charge in [-0.15, -0.1) is 0 Å². The van der Waals surface area contributed by atoms with E-state index in [4.69, 9.17) is 0 Å². The van der Waals surface area contributed by atoms with E-state index in [1.54, 1.807) is 23.4 Å². The number of fused-ring (bicyclic) bond motifs is 1. The highest BCUT2D eigenvalue weighted by Gasteiger charge is 2.30. The second-order valence-electron chi connectivity index (χ2n) is 6.79. The summed E-state index contributed by atoms with van der Waals surface area (Å²) >= 11 is 0. The maximum absolute atomic E-state index is 13.0. The van der Waals surface area contributed by atoms with E-state index in [1.807, 2.05) is 4.57 Å². The number of nitrogens with zero attached hydrogens (tertiary/aromatic N) is 3. The molecule has 2 heterocycles. The SMILES string of the molecule is CC(C)(C)c1ncn2c1CN(Cc1ccc(F)cc1)C(=O)C2. The molecule has 0 saturated heterocycles. The zero-order chi connectivity index (χ0) is 15.9. The van der Waals surface area contributed by atoms with Crippen LogP contribution in [0.3, 0.4) is 0 Å². The summed E-state index contributed by atoms with van der Waals surface area (Å²) in [7, 11) is 0. The molecule has 0 spiro atoms. The average molecular weight is 301 g/mol. The monoisotopic (exact) mass is 301 g/mol. The van der Waals surface area contributed by atoms with Crippen LogP contribution in [0.2, 0.25) is 0 Å². The van der Waals surface area contributed by atoms with Crippen molar-refractivity contribution < 1.29 is 9.18 Å². The number of carbonyl (C=O) groups excluding carboxylic acids is 1. The maximum Gasteiger partial charge on any atom is 0.243 e. The number of carbonyl (C=O) groups is 1. The number of benzene rings is 1. The van der Waals surface area contributed by atoms with Crippen molar-refractivity contribution in [1.29, 1.82) is 0 Å². The largest absolute Gasteiger partial charge is 0.331 e. The summed E-state index contributed by atoms with van der Waals surface area (Å²) in [5, 5.41) is 0. The number of hydrogen-bond acceptors (Lipinski definition) is 2. The van der Waals surface area contributed by atoms with Crippen LogP contribution in [0.25, 0.3) is 0 Å². The van der Waals surface area contributed by atoms with Crippen LogP contribution in [-0.4, -0.2) is 20.4 Å². The number of hydrogen-bond donors (Lipinski definition) is 0. The molecule has 1 aromatic heterocycles. The van der Waals surface area contributed by atoms with Crippen molar-refractivity contribution in [3.63, 3.8) is 0 Å². The van der Waals surface area contributed by atoms with E-state index in [0.29, 0.717) is 19.6 Å². The van der Waals surface area contributed by atoms with Crippen LogP contribution in [0.4, 0.5) is 4.39 Å². The van der Waals surface area contributed by atoms with Crippen molar-refractivity contribution in [3.05, 3.63) is 53.4 Å². The first kappa shape index (κ1) is 14.8. The molecule has 1 amide bonds. The van der Waals surface area contributed by atoms with Crippen LogP contribution in [-0.2, 0) is 29.8 Å². The van der Waals surface area contributed by atoms with Crippen molar-refractivity contribution >= 4 is 5.91 Å². The van der Waals surface area contributed by atoms with Gasteiger partial charge in [-0.05, 0) is 17.7 Å². The predicted molar refractivity (Wildman–Crippen MR) is 81.6 cm³/mol. The molecule has 0 fully saturated rings. The fourth-order valence-corrected chi connectivity index (χ4v) is 2.81. The van der Waals surface area contributed by atoms with Crippen molar-refractivity contribution in [3.8, 4) is 0 Å². The second kappa shape index (κ2) is 5.23. The Labute approximate surface area is 129 Å². The van der Waals surface area contributed by atoms with Crippen LogP contribution in [0.1, 0.15) is 37.7 Å². The van der Waals surface area contributed by atoms with Crippen molar-refractivity contribution in [1.82, 2.24) is 14.5 Å². The van der Waals surface area contributed by atoms with Gasteiger partial charge in [0, 0.05) is 12.0 Å². The molecule has 0 N–H and O–H groups in total. The van der Waals surface area contributed by atoms with Gasteiger partial charge in [0.1, 0.15) is 12.4 Å². The van der Waals surface area contributed by atoms with Gasteiger partial charge in [-0.25, -0.2) is 9.37 Å². The Bertz CT molecular complexity index is 698. The van der Waals surface area contributed by atoms with Crippen LogP contribution in [0.15, 0.2) is 30.6 Å². The van der Waals surface area contributed by atoms with Gasteiger partial charge in [-0.2, -0.15) is 0 Å². The Morgan fingerprint density at radius 2 is 1.86 bits per heavy atom. The highest BCUT2D eigenvalue weighted by molar-refractivity contribution is 5.77. The van der Waals surface area contributed by atoms with Crippen LogP contribution >= 0.6 is 0 Å². The predicted octanol–water partition coefficient (Wildman–Crippen LogP) is 2.86. The third-order valence-corrected chi connectivity index (χ3v) is 3.94. The van der Waals surface area contributed by atoms with Crippen LogP contribution < -0.4 is 0 Å². The lowest BCUT2D eigenvalue weighted by Gasteiger charge is -2.30. The van der Waals surface area contributed by atoms with Crippen LogP contribution in [0.5, 0.6) is 0 Å². The molecule has 5 heteroatoms. The van der Waals surface area contributed by atoms with E-state index in [9.17, 15) is 9.18 Å². The molecule has 3 rings (SSSR count). The van der Waals surface area contributed by atoms with Gasteiger partial charge in [0.15, 0.2) is 0 Å². The average Bonchev–Trinajstić information content (AvgIpc) is 2.84.